The summed E-state index contributed by atoms with van der Waals surface area (Å²) in [7, 11) is 1.84. The molecule has 0 unspecified atom stereocenters. The van der Waals surface area contributed by atoms with E-state index in [1.165, 1.54) is 0 Å². The topological polar surface area (TPSA) is 49.2 Å². The van der Waals surface area contributed by atoms with Crippen molar-refractivity contribution >= 4 is 17.4 Å². The number of hydrogen-bond acceptors (Lipinski definition) is 4. The van der Waals surface area contributed by atoms with Gasteiger partial charge in [0.1, 0.15) is 0 Å². The van der Waals surface area contributed by atoms with Crippen LogP contribution in [-0.4, -0.2) is 35.0 Å². The van der Waals surface area contributed by atoms with Crippen LogP contribution in [0.1, 0.15) is 6.92 Å². The van der Waals surface area contributed by atoms with Crippen LogP contribution in [-0.2, 0) is 0 Å². The lowest BCUT2D eigenvalue weighted by molar-refractivity contribution is 0.201. The maximum absolute atomic E-state index is 9.12. The average molecular weight is 202 g/mol. The number of aliphatic hydroxyl groups is 1. The van der Waals surface area contributed by atoms with Crippen molar-refractivity contribution in [1.29, 1.82) is 0 Å². The normalized spacial score (nSPS) is 12.6. The minimum atomic E-state index is -0.387. The Labute approximate surface area is 82.2 Å². The maximum Gasteiger partial charge on any atom is 0.151 e. The lowest BCUT2D eigenvalue weighted by atomic mass is 10.3. The third kappa shape index (κ3) is 3.16. The van der Waals surface area contributed by atoms with Crippen LogP contribution >= 0.6 is 11.6 Å². The first-order valence-corrected chi connectivity index (χ1v) is 4.36. The van der Waals surface area contributed by atoms with Gasteiger partial charge in [0.2, 0.25) is 0 Å². The highest BCUT2D eigenvalue weighted by molar-refractivity contribution is 6.29. The third-order valence-electron chi connectivity index (χ3n) is 1.55. The van der Waals surface area contributed by atoms with Gasteiger partial charge in [0.05, 0.1) is 6.10 Å². The minimum absolute atomic E-state index is 0.370. The molecule has 1 aromatic rings. The van der Waals surface area contributed by atoms with E-state index in [0.717, 1.165) is 0 Å². The summed E-state index contributed by atoms with van der Waals surface area (Å²) >= 11 is 5.58. The second kappa shape index (κ2) is 4.39. The summed E-state index contributed by atoms with van der Waals surface area (Å²) in [5.41, 5.74) is 0. The van der Waals surface area contributed by atoms with E-state index in [9.17, 15) is 0 Å². The number of halogens is 1. The van der Waals surface area contributed by atoms with Crippen LogP contribution in [0.3, 0.4) is 0 Å². The molecule has 4 nitrogen and oxygen atoms in total. The van der Waals surface area contributed by atoms with Crippen LogP contribution in [0.2, 0.25) is 5.15 Å². The van der Waals surface area contributed by atoms with Gasteiger partial charge >= 0.3 is 0 Å². The first-order valence-electron chi connectivity index (χ1n) is 3.98. The average Bonchev–Trinajstić information content (AvgIpc) is 2.04. The summed E-state index contributed by atoms with van der Waals surface area (Å²) in [6.07, 6.45) is -0.387. The monoisotopic (exact) mass is 201 g/mol. The highest BCUT2D eigenvalue weighted by atomic mass is 35.5. The van der Waals surface area contributed by atoms with Gasteiger partial charge in [-0.2, -0.15) is 0 Å². The summed E-state index contributed by atoms with van der Waals surface area (Å²) in [6, 6.07) is 3.43. The first-order chi connectivity index (χ1) is 6.09. The molecule has 5 heteroatoms. The number of rotatable bonds is 3. The van der Waals surface area contributed by atoms with E-state index < -0.39 is 0 Å². The van der Waals surface area contributed by atoms with Crippen LogP contribution in [0.25, 0.3) is 0 Å². The van der Waals surface area contributed by atoms with Crippen LogP contribution in [0.5, 0.6) is 0 Å². The first kappa shape index (κ1) is 10.2. The van der Waals surface area contributed by atoms with Crippen molar-refractivity contribution in [2.24, 2.45) is 0 Å². The quantitative estimate of drug-likeness (QED) is 0.791. The van der Waals surface area contributed by atoms with Crippen molar-refractivity contribution in [2.45, 2.75) is 13.0 Å². The van der Waals surface area contributed by atoms with Crippen molar-refractivity contribution in [1.82, 2.24) is 10.2 Å². The summed E-state index contributed by atoms with van der Waals surface area (Å²) in [6.45, 7) is 2.25. The Bertz CT molecular complexity index is 263. The number of hydrogen-bond donors (Lipinski definition) is 1. The van der Waals surface area contributed by atoms with E-state index in [1.54, 1.807) is 19.1 Å². The zero-order valence-corrected chi connectivity index (χ0v) is 8.36. The Morgan fingerprint density at radius 1 is 1.54 bits per heavy atom. The van der Waals surface area contributed by atoms with E-state index in [-0.39, 0.29) is 6.10 Å². The fourth-order valence-electron chi connectivity index (χ4n) is 1.00. The molecule has 0 spiro atoms. The predicted molar refractivity (Wildman–Crippen MR) is 52.0 cm³/mol. The molecule has 0 saturated heterocycles. The van der Waals surface area contributed by atoms with E-state index in [4.69, 9.17) is 16.7 Å². The Kier molecular flexibility index (Phi) is 3.45. The van der Waals surface area contributed by atoms with E-state index >= 15 is 0 Å². The van der Waals surface area contributed by atoms with Crippen LogP contribution in [0.15, 0.2) is 12.1 Å². The lowest BCUT2D eigenvalue weighted by Gasteiger charge is -2.18. The Morgan fingerprint density at radius 2 is 2.23 bits per heavy atom. The van der Waals surface area contributed by atoms with Gasteiger partial charge in [0, 0.05) is 13.6 Å². The van der Waals surface area contributed by atoms with Crippen molar-refractivity contribution in [2.75, 3.05) is 18.5 Å². The molecule has 0 aliphatic rings. The Hall–Kier alpha value is -0.870. The maximum atomic E-state index is 9.12. The summed E-state index contributed by atoms with van der Waals surface area (Å²) < 4.78 is 0. The van der Waals surface area contributed by atoms with Crippen molar-refractivity contribution in [3.05, 3.63) is 17.3 Å². The molecule has 1 N–H and O–H groups in total. The molecule has 72 valence electrons. The van der Waals surface area contributed by atoms with Gasteiger partial charge in [-0.25, -0.2) is 0 Å². The zero-order chi connectivity index (χ0) is 9.84. The zero-order valence-electron chi connectivity index (χ0n) is 7.61. The van der Waals surface area contributed by atoms with Crippen molar-refractivity contribution in [3.63, 3.8) is 0 Å². The molecule has 1 heterocycles. The van der Waals surface area contributed by atoms with Gasteiger partial charge < -0.3 is 10.0 Å². The van der Waals surface area contributed by atoms with Gasteiger partial charge in [-0.1, -0.05) is 11.6 Å². The predicted octanol–water partition coefficient (Wildman–Crippen LogP) is 0.947. The molecule has 1 rings (SSSR count). The second-order valence-electron chi connectivity index (χ2n) is 2.94. The number of likely N-dealkylation sites (N-methyl/N-ethyl adjacent to an activating group) is 1. The molecule has 0 bridgehead atoms. The minimum Gasteiger partial charge on any atom is -0.392 e. The van der Waals surface area contributed by atoms with E-state index in [2.05, 4.69) is 10.2 Å². The molecule has 0 aromatic carbocycles. The van der Waals surface area contributed by atoms with Crippen LogP contribution in [0.4, 0.5) is 5.82 Å². The SMILES string of the molecule is C[C@H](O)CN(C)c1ccc(Cl)nn1. The second-order valence-corrected chi connectivity index (χ2v) is 3.33. The smallest absolute Gasteiger partial charge is 0.151 e. The highest BCUT2D eigenvalue weighted by Gasteiger charge is 2.05. The molecule has 0 aliphatic carbocycles. The molecule has 0 aliphatic heterocycles. The number of aliphatic hydroxyl groups excluding tert-OH is 1. The molecule has 0 fully saturated rings. The van der Waals surface area contributed by atoms with Crippen molar-refractivity contribution in [3.8, 4) is 0 Å². The molecule has 0 radical (unpaired) electrons. The molecular weight excluding hydrogens is 190 g/mol. The molecular formula is C8H12ClN3O. The van der Waals surface area contributed by atoms with E-state index in [1.807, 2.05) is 11.9 Å². The molecule has 13 heavy (non-hydrogen) atoms. The molecule has 1 aromatic heterocycles. The number of nitrogens with zero attached hydrogens (tertiary/aromatic N) is 3. The molecule has 1 atom stereocenters. The standard InChI is InChI=1S/C8H12ClN3O/c1-6(13)5-12(2)8-4-3-7(9)10-11-8/h3-4,6,13H,5H2,1-2H3/t6-/m0/s1. The Balaban J connectivity index is 2.66. The summed E-state index contributed by atoms with van der Waals surface area (Å²) in [4.78, 5) is 1.81. The fraction of sp³-hybridized carbons (Fsp3) is 0.500. The van der Waals surface area contributed by atoms with Gasteiger partial charge in [-0.05, 0) is 19.1 Å². The lowest BCUT2D eigenvalue weighted by Crippen LogP contribution is -2.27. The molecule has 0 saturated carbocycles. The van der Waals surface area contributed by atoms with Crippen LogP contribution < -0.4 is 4.90 Å². The third-order valence-corrected chi connectivity index (χ3v) is 1.75. The van der Waals surface area contributed by atoms with Gasteiger partial charge in [-0.3, -0.25) is 0 Å². The number of aromatic nitrogens is 2. The highest BCUT2D eigenvalue weighted by Crippen LogP contribution is 2.10. The van der Waals surface area contributed by atoms with Gasteiger partial charge in [-0.15, -0.1) is 10.2 Å². The van der Waals surface area contributed by atoms with Gasteiger partial charge in [0.25, 0.3) is 0 Å². The Morgan fingerprint density at radius 3 is 2.69 bits per heavy atom. The summed E-state index contributed by atoms with van der Waals surface area (Å²) in [5, 5.41) is 17.1. The largest absolute Gasteiger partial charge is 0.392 e. The number of anilines is 1. The molecule has 0 amide bonds. The summed E-state index contributed by atoms with van der Waals surface area (Å²) in [5.74, 6) is 0.699. The van der Waals surface area contributed by atoms with E-state index in [0.29, 0.717) is 17.5 Å². The van der Waals surface area contributed by atoms with Gasteiger partial charge in [0.15, 0.2) is 11.0 Å². The van der Waals surface area contributed by atoms with Crippen LogP contribution in [0, 0.1) is 0 Å². The van der Waals surface area contributed by atoms with Crippen molar-refractivity contribution < 1.29 is 5.11 Å². The fourth-order valence-corrected chi connectivity index (χ4v) is 1.10.